The summed E-state index contributed by atoms with van der Waals surface area (Å²) in [6.45, 7) is 4.37. The van der Waals surface area contributed by atoms with E-state index in [1.807, 2.05) is 7.05 Å². The lowest BCUT2D eigenvalue weighted by Crippen LogP contribution is -2.33. The van der Waals surface area contributed by atoms with E-state index in [9.17, 15) is 0 Å². The topological polar surface area (TPSA) is 58.3 Å². The van der Waals surface area contributed by atoms with E-state index in [0.717, 1.165) is 18.9 Å². The Bertz CT molecular complexity index is 417. The van der Waals surface area contributed by atoms with Gasteiger partial charge in [0, 0.05) is 32.5 Å². The second-order valence-electron chi connectivity index (χ2n) is 4.56. The van der Waals surface area contributed by atoms with Crippen LogP contribution in [0.3, 0.4) is 0 Å². The van der Waals surface area contributed by atoms with Crippen molar-refractivity contribution in [3.8, 4) is 0 Å². The molecule has 18 heavy (non-hydrogen) atoms. The molecule has 0 saturated carbocycles. The number of nitrogens with zero attached hydrogens (tertiary/aromatic N) is 4. The molecule has 2 N–H and O–H groups in total. The van der Waals surface area contributed by atoms with Gasteiger partial charge in [-0.15, -0.1) is 0 Å². The Morgan fingerprint density at radius 1 is 1.39 bits per heavy atom. The Labute approximate surface area is 113 Å². The predicted octanol–water partition coefficient (Wildman–Crippen LogP) is 0.643. The molecule has 2 rings (SSSR count). The summed E-state index contributed by atoms with van der Waals surface area (Å²) in [6.07, 6.45) is 5.91. The maximum absolute atomic E-state index is 5.66. The first-order valence-electron chi connectivity index (χ1n) is 6.23. The molecule has 2 heterocycles. The van der Waals surface area contributed by atoms with Gasteiger partial charge in [-0.2, -0.15) is 0 Å². The van der Waals surface area contributed by atoms with E-state index >= 15 is 0 Å². The highest BCUT2D eigenvalue weighted by Gasteiger charge is 2.15. The number of rotatable bonds is 5. The van der Waals surface area contributed by atoms with Crippen LogP contribution in [-0.4, -0.2) is 53.1 Å². The summed E-state index contributed by atoms with van der Waals surface area (Å²) < 4.78 is 0. The number of likely N-dealkylation sites (tertiary alicyclic amines) is 1. The Kier molecular flexibility index (Phi) is 4.43. The lowest BCUT2D eigenvalue weighted by molar-refractivity contribution is 0.346. The van der Waals surface area contributed by atoms with Crippen LogP contribution in [0.25, 0.3) is 0 Å². The molecule has 0 amide bonds. The summed E-state index contributed by atoms with van der Waals surface area (Å²) in [5, 5.41) is 0. The maximum Gasteiger partial charge on any atom is 0.157 e. The van der Waals surface area contributed by atoms with E-state index < -0.39 is 0 Å². The molecule has 1 aromatic rings. The molecule has 0 bridgehead atoms. The number of hydrogen-bond acceptors (Lipinski definition) is 5. The largest absolute Gasteiger partial charge is 0.388 e. The molecule has 1 aromatic heterocycles. The molecule has 0 aliphatic carbocycles. The Hall–Kier alpha value is -1.27. The van der Waals surface area contributed by atoms with Gasteiger partial charge < -0.3 is 15.5 Å². The van der Waals surface area contributed by atoms with Crippen molar-refractivity contribution in [3.05, 3.63) is 18.1 Å². The average molecular weight is 265 g/mol. The van der Waals surface area contributed by atoms with Gasteiger partial charge in [-0.05, 0) is 25.9 Å². The molecule has 6 heteroatoms. The SMILES string of the molecule is CN(CCN1CCCC1)c1nccnc1C(N)=S. The van der Waals surface area contributed by atoms with Crippen LogP contribution in [0.5, 0.6) is 0 Å². The van der Waals surface area contributed by atoms with Crippen molar-refractivity contribution >= 4 is 23.0 Å². The van der Waals surface area contributed by atoms with Gasteiger partial charge >= 0.3 is 0 Å². The van der Waals surface area contributed by atoms with Crippen LogP contribution in [0.1, 0.15) is 18.5 Å². The van der Waals surface area contributed by atoms with E-state index in [2.05, 4.69) is 19.8 Å². The fourth-order valence-electron chi connectivity index (χ4n) is 2.19. The second-order valence-corrected chi connectivity index (χ2v) is 5.00. The molecule has 1 aliphatic heterocycles. The quantitative estimate of drug-likeness (QED) is 0.789. The summed E-state index contributed by atoms with van der Waals surface area (Å²) >= 11 is 5.00. The molecular weight excluding hydrogens is 246 g/mol. The third kappa shape index (κ3) is 3.14. The van der Waals surface area contributed by atoms with E-state index in [1.54, 1.807) is 12.4 Å². The van der Waals surface area contributed by atoms with Gasteiger partial charge in [0.1, 0.15) is 10.7 Å². The molecule has 98 valence electrons. The molecule has 0 aromatic carbocycles. The summed E-state index contributed by atoms with van der Waals surface area (Å²) in [5.41, 5.74) is 6.27. The van der Waals surface area contributed by atoms with E-state index in [4.69, 9.17) is 18.0 Å². The summed E-state index contributed by atoms with van der Waals surface area (Å²) in [4.78, 5) is 13.3. The van der Waals surface area contributed by atoms with Crippen molar-refractivity contribution in [1.29, 1.82) is 0 Å². The number of hydrogen-bond donors (Lipinski definition) is 1. The zero-order valence-electron chi connectivity index (χ0n) is 10.7. The van der Waals surface area contributed by atoms with Gasteiger partial charge in [0.15, 0.2) is 5.82 Å². The minimum atomic E-state index is 0.297. The predicted molar refractivity (Wildman–Crippen MR) is 76.9 cm³/mol. The number of anilines is 1. The van der Waals surface area contributed by atoms with Crippen molar-refractivity contribution in [2.75, 3.05) is 38.1 Å². The fraction of sp³-hybridized carbons (Fsp3) is 0.583. The van der Waals surface area contributed by atoms with Crippen LogP contribution in [-0.2, 0) is 0 Å². The lowest BCUT2D eigenvalue weighted by Gasteiger charge is -2.23. The summed E-state index contributed by atoms with van der Waals surface area (Å²) in [6, 6.07) is 0. The first-order valence-corrected chi connectivity index (χ1v) is 6.63. The molecule has 5 nitrogen and oxygen atoms in total. The molecule has 1 saturated heterocycles. The summed E-state index contributed by atoms with van der Waals surface area (Å²) in [5.74, 6) is 0.768. The third-order valence-electron chi connectivity index (χ3n) is 3.22. The van der Waals surface area contributed by atoms with Gasteiger partial charge in [0.2, 0.25) is 0 Å². The Morgan fingerprint density at radius 2 is 2.06 bits per heavy atom. The van der Waals surface area contributed by atoms with Crippen molar-refractivity contribution < 1.29 is 0 Å². The molecule has 1 fully saturated rings. The second kappa shape index (κ2) is 6.06. The highest BCUT2D eigenvalue weighted by Crippen LogP contribution is 2.13. The van der Waals surface area contributed by atoms with E-state index in [0.29, 0.717) is 10.7 Å². The smallest absolute Gasteiger partial charge is 0.157 e. The average Bonchev–Trinajstić information content (AvgIpc) is 2.89. The minimum Gasteiger partial charge on any atom is -0.388 e. The van der Waals surface area contributed by atoms with Gasteiger partial charge in [-0.25, -0.2) is 9.97 Å². The zero-order valence-corrected chi connectivity index (χ0v) is 11.5. The zero-order chi connectivity index (χ0) is 13.0. The van der Waals surface area contributed by atoms with Gasteiger partial charge in [0.25, 0.3) is 0 Å². The van der Waals surface area contributed by atoms with Crippen LogP contribution < -0.4 is 10.6 Å². The van der Waals surface area contributed by atoms with Gasteiger partial charge in [-0.1, -0.05) is 12.2 Å². The first-order chi connectivity index (χ1) is 8.68. The molecule has 1 aliphatic rings. The van der Waals surface area contributed by atoms with Crippen LogP contribution in [0.15, 0.2) is 12.4 Å². The highest BCUT2D eigenvalue weighted by molar-refractivity contribution is 7.80. The number of nitrogens with two attached hydrogens (primary N) is 1. The summed E-state index contributed by atoms with van der Waals surface area (Å²) in [7, 11) is 2.00. The maximum atomic E-state index is 5.66. The number of aromatic nitrogens is 2. The van der Waals surface area contributed by atoms with Crippen molar-refractivity contribution in [1.82, 2.24) is 14.9 Å². The minimum absolute atomic E-state index is 0.297. The lowest BCUT2D eigenvalue weighted by atomic mass is 10.3. The van der Waals surface area contributed by atoms with Crippen LogP contribution in [0, 0.1) is 0 Å². The van der Waals surface area contributed by atoms with Crippen molar-refractivity contribution in [2.24, 2.45) is 5.73 Å². The molecule has 0 atom stereocenters. The molecular formula is C12H19N5S. The van der Waals surface area contributed by atoms with Crippen LogP contribution in [0.4, 0.5) is 5.82 Å². The van der Waals surface area contributed by atoms with Crippen molar-refractivity contribution in [2.45, 2.75) is 12.8 Å². The number of thiocarbonyl (C=S) groups is 1. The fourth-order valence-corrected chi connectivity index (χ4v) is 2.33. The van der Waals surface area contributed by atoms with Gasteiger partial charge in [0.05, 0.1) is 0 Å². The molecule has 0 spiro atoms. The first kappa shape index (κ1) is 13.2. The van der Waals surface area contributed by atoms with Crippen molar-refractivity contribution in [3.63, 3.8) is 0 Å². The third-order valence-corrected chi connectivity index (χ3v) is 3.42. The highest BCUT2D eigenvalue weighted by atomic mass is 32.1. The van der Waals surface area contributed by atoms with Gasteiger partial charge in [-0.3, -0.25) is 0 Å². The van der Waals surface area contributed by atoms with E-state index in [1.165, 1.54) is 25.9 Å². The van der Waals surface area contributed by atoms with E-state index in [-0.39, 0.29) is 0 Å². The number of likely N-dealkylation sites (N-methyl/N-ethyl adjacent to an activating group) is 1. The monoisotopic (exact) mass is 265 g/mol. The van der Waals surface area contributed by atoms with Crippen LogP contribution in [0.2, 0.25) is 0 Å². The Morgan fingerprint density at radius 3 is 2.72 bits per heavy atom. The van der Waals surface area contributed by atoms with Crippen LogP contribution >= 0.6 is 12.2 Å². The molecule has 0 radical (unpaired) electrons. The standard InChI is InChI=1S/C12H19N5S/c1-16(8-9-17-6-2-3-7-17)12-10(11(13)18)14-4-5-15-12/h4-5H,2-3,6-9H2,1H3,(H2,13,18). The normalized spacial score (nSPS) is 15.8. The molecule has 0 unspecified atom stereocenters. The Balaban J connectivity index is 1.99.